The van der Waals surface area contributed by atoms with Crippen LogP contribution in [0, 0.1) is 0 Å². The summed E-state index contributed by atoms with van der Waals surface area (Å²) in [6, 6.07) is 7.88. The van der Waals surface area contributed by atoms with Gasteiger partial charge >= 0.3 is 0 Å². The van der Waals surface area contributed by atoms with E-state index in [4.69, 9.17) is 5.73 Å². The van der Waals surface area contributed by atoms with Crippen LogP contribution in [0.4, 0.5) is 0 Å². The van der Waals surface area contributed by atoms with Crippen LogP contribution in [-0.4, -0.2) is 21.9 Å². The number of nitrogens with zero attached hydrogens (tertiary/aromatic N) is 2. The summed E-state index contributed by atoms with van der Waals surface area (Å²) in [5.41, 5.74) is 8.51. The third-order valence-corrected chi connectivity index (χ3v) is 3.51. The molecule has 3 N–H and O–H groups in total. The predicted octanol–water partition coefficient (Wildman–Crippen LogP) is 2.06. The first-order valence-electron chi connectivity index (χ1n) is 7.02. The summed E-state index contributed by atoms with van der Waals surface area (Å²) in [4.78, 5) is 19.3. The number of carbonyl (C=O) groups is 1. The van der Waals surface area contributed by atoms with Gasteiger partial charge in [0.05, 0.1) is 6.04 Å². The van der Waals surface area contributed by atoms with Gasteiger partial charge in [0, 0.05) is 24.0 Å². The molecule has 0 aliphatic heterocycles. The maximum atomic E-state index is 11.3. The van der Waals surface area contributed by atoms with Crippen molar-refractivity contribution in [2.75, 3.05) is 0 Å². The lowest BCUT2D eigenvalue weighted by Crippen LogP contribution is -2.41. The number of carbonyl (C=O) groups excluding carboxylic acids is 1. The zero-order chi connectivity index (χ0) is 15.2. The third-order valence-electron chi connectivity index (χ3n) is 3.51. The second-order valence-corrected chi connectivity index (χ2v) is 5.00. The summed E-state index contributed by atoms with van der Waals surface area (Å²) in [5, 5.41) is 3.24. The lowest BCUT2D eigenvalue weighted by Gasteiger charge is -2.20. The first-order valence-corrected chi connectivity index (χ1v) is 7.02. The van der Waals surface area contributed by atoms with Crippen molar-refractivity contribution in [3.8, 4) is 11.1 Å². The van der Waals surface area contributed by atoms with Crippen LogP contribution in [0.25, 0.3) is 11.1 Å². The lowest BCUT2D eigenvalue weighted by molar-refractivity contribution is -0.120. The molecule has 0 unspecified atom stereocenters. The van der Waals surface area contributed by atoms with Gasteiger partial charge in [-0.2, -0.15) is 0 Å². The molecule has 1 aromatic carbocycles. The molecule has 2 atom stereocenters. The number of primary amides is 1. The zero-order valence-corrected chi connectivity index (χ0v) is 12.3. The molecule has 0 aliphatic rings. The molecule has 0 saturated carbocycles. The predicted molar refractivity (Wildman–Crippen MR) is 82.3 cm³/mol. The van der Waals surface area contributed by atoms with Crippen molar-refractivity contribution in [1.29, 1.82) is 0 Å². The molecule has 110 valence electrons. The molecule has 0 spiro atoms. The normalized spacial score (nSPS) is 13.6. The topological polar surface area (TPSA) is 80.9 Å². The summed E-state index contributed by atoms with van der Waals surface area (Å²) in [6.07, 6.45) is 5.76. The minimum atomic E-state index is -0.317. The Morgan fingerprint density at radius 2 is 1.81 bits per heavy atom. The third kappa shape index (κ3) is 3.86. The van der Waals surface area contributed by atoms with Crippen LogP contribution < -0.4 is 11.1 Å². The van der Waals surface area contributed by atoms with E-state index in [1.165, 1.54) is 6.33 Å². The molecular weight excluding hydrogens is 264 g/mol. The molecule has 1 amide bonds. The van der Waals surface area contributed by atoms with E-state index >= 15 is 0 Å². The van der Waals surface area contributed by atoms with Gasteiger partial charge in [-0.1, -0.05) is 31.2 Å². The Labute approximate surface area is 124 Å². The number of nitrogens with two attached hydrogens (primary N) is 1. The summed E-state index contributed by atoms with van der Waals surface area (Å²) in [6.45, 7) is 3.96. The van der Waals surface area contributed by atoms with Gasteiger partial charge in [0.15, 0.2) is 0 Å². The van der Waals surface area contributed by atoms with E-state index in [9.17, 15) is 4.79 Å². The standard InChI is InChI=1S/C16H20N4O/c1-3-15(16(17)21)20-11(2)12-4-6-13(7-5-12)14-8-18-10-19-9-14/h4-11,15,20H,3H2,1-2H3,(H2,17,21)/t11-,15-/m0/s1. The minimum Gasteiger partial charge on any atom is -0.368 e. The van der Waals surface area contributed by atoms with Gasteiger partial charge in [-0.25, -0.2) is 9.97 Å². The molecule has 0 bridgehead atoms. The average molecular weight is 284 g/mol. The maximum absolute atomic E-state index is 11.3. The molecule has 0 saturated heterocycles. The maximum Gasteiger partial charge on any atom is 0.234 e. The van der Waals surface area contributed by atoms with Crippen LogP contribution in [0.5, 0.6) is 0 Å². The SMILES string of the molecule is CC[C@H](N[C@@H](C)c1ccc(-c2cncnc2)cc1)C(N)=O. The van der Waals surface area contributed by atoms with E-state index < -0.39 is 0 Å². The molecule has 5 nitrogen and oxygen atoms in total. The van der Waals surface area contributed by atoms with Crippen molar-refractivity contribution in [2.45, 2.75) is 32.4 Å². The van der Waals surface area contributed by atoms with Crippen molar-refractivity contribution in [3.63, 3.8) is 0 Å². The molecule has 1 aromatic heterocycles. The Morgan fingerprint density at radius 3 is 2.33 bits per heavy atom. The van der Waals surface area contributed by atoms with Gasteiger partial charge in [-0.05, 0) is 24.5 Å². The summed E-state index contributed by atoms with van der Waals surface area (Å²) >= 11 is 0. The number of hydrogen-bond donors (Lipinski definition) is 2. The van der Waals surface area contributed by atoms with Gasteiger partial charge in [0.2, 0.25) is 5.91 Å². The number of hydrogen-bond acceptors (Lipinski definition) is 4. The summed E-state index contributed by atoms with van der Waals surface area (Å²) in [5.74, 6) is -0.317. The Kier molecular flexibility index (Phi) is 5.00. The number of rotatable bonds is 6. The van der Waals surface area contributed by atoms with Crippen LogP contribution in [0.15, 0.2) is 43.0 Å². The van der Waals surface area contributed by atoms with Crippen molar-refractivity contribution in [2.24, 2.45) is 5.73 Å². The lowest BCUT2D eigenvalue weighted by atomic mass is 10.0. The highest BCUT2D eigenvalue weighted by Crippen LogP contribution is 2.21. The van der Waals surface area contributed by atoms with Crippen molar-refractivity contribution >= 4 is 5.91 Å². The highest BCUT2D eigenvalue weighted by molar-refractivity contribution is 5.79. The van der Waals surface area contributed by atoms with E-state index in [-0.39, 0.29) is 18.0 Å². The van der Waals surface area contributed by atoms with Gasteiger partial charge in [-0.15, -0.1) is 0 Å². The fourth-order valence-corrected chi connectivity index (χ4v) is 2.21. The van der Waals surface area contributed by atoms with Gasteiger partial charge in [0.25, 0.3) is 0 Å². The molecule has 2 rings (SSSR count). The Bertz CT molecular complexity index is 583. The molecule has 0 radical (unpaired) electrons. The molecule has 0 aliphatic carbocycles. The molecule has 1 heterocycles. The Balaban J connectivity index is 2.10. The number of nitrogens with one attached hydrogen (secondary N) is 1. The smallest absolute Gasteiger partial charge is 0.234 e. The van der Waals surface area contributed by atoms with Crippen LogP contribution in [0.3, 0.4) is 0 Å². The molecule has 2 aromatic rings. The number of amides is 1. The van der Waals surface area contributed by atoms with Crippen LogP contribution in [0.2, 0.25) is 0 Å². The fraction of sp³-hybridized carbons (Fsp3) is 0.312. The Hall–Kier alpha value is -2.27. The summed E-state index contributed by atoms with van der Waals surface area (Å²) in [7, 11) is 0. The van der Waals surface area contributed by atoms with E-state index in [0.717, 1.165) is 16.7 Å². The van der Waals surface area contributed by atoms with E-state index in [0.29, 0.717) is 6.42 Å². The van der Waals surface area contributed by atoms with E-state index in [1.807, 2.05) is 38.1 Å². The minimum absolute atomic E-state index is 0.0588. The van der Waals surface area contributed by atoms with E-state index in [2.05, 4.69) is 15.3 Å². The number of aromatic nitrogens is 2. The van der Waals surface area contributed by atoms with Gasteiger partial charge in [-0.3, -0.25) is 10.1 Å². The molecular formula is C16H20N4O. The molecule has 5 heteroatoms. The zero-order valence-electron chi connectivity index (χ0n) is 12.3. The van der Waals surface area contributed by atoms with Crippen molar-refractivity contribution < 1.29 is 4.79 Å². The largest absolute Gasteiger partial charge is 0.368 e. The van der Waals surface area contributed by atoms with Gasteiger partial charge in [0.1, 0.15) is 6.33 Å². The summed E-state index contributed by atoms with van der Waals surface area (Å²) < 4.78 is 0. The first kappa shape index (κ1) is 15.1. The quantitative estimate of drug-likeness (QED) is 0.850. The van der Waals surface area contributed by atoms with Crippen molar-refractivity contribution in [3.05, 3.63) is 48.5 Å². The van der Waals surface area contributed by atoms with Crippen LogP contribution in [-0.2, 0) is 4.79 Å². The number of benzene rings is 1. The molecule has 0 fully saturated rings. The second-order valence-electron chi connectivity index (χ2n) is 5.00. The monoisotopic (exact) mass is 284 g/mol. The Morgan fingerprint density at radius 1 is 1.19 bits per heavy atom. The van der Waals surface area contributed by atoms with Crippen LogP contribution >= 0.6 is 0 Å². The molecule has 21 heavy (non-hydrogen) atoms. The highest BCUT2D eigenvalue weighted by Gasteiger charge is 2.16. The van der Waals surface area contributed by atoms with Crippen molar-refractivity contribution in [1.82, 2.24) is 15.3 Å². The van der Waals surface area contributed by atoms with E-state index in [1.54, 1.807) is 12.4 Å². The fourth-order valence-electron chi connectivity index (χ4n) is 2.21. The highest BCUT2D eigenvalue weighted by atomic mass is 16.1. The second kappa shape index (κ2) is 6.95. The average Bonchev–Trinajstić information content (AvgIpc) is 2.53. The van der Waals surface area contributed by atoms with Crippen LogP contribution in [0.1, 0.15) is 31.9 Å². The van der Waals surface area contributed by atoms with Gasteiger partial charge < -0.3 is 5.73 Å². The first-order chi connectivity index (χ1) is 10.1.